The largest absolute Gasteiger partial charge is 0.494 e. The molecule has 3 aliphatic rings. The molecule has 0 spiro atoms. The van der Waals surface area contributed by atoms with Crippen LogP contribution in [0, 0.1) is 5.92 Å². The fraction of sp³-hybridized carbons (Fsp3) is 0.632. The van der Waals surface area contributed by atoms with Crippen LogP contribution < -0.4 is 15.7 Å². The average Bonchev–Trinajstić information content (AvgIpc) is 3.33. The number of carbonyl (C=O) groups excluding carboxylic acids is 1. The highest BCUT2D eigenvalue weighted by Gasteiger charge is 2.52. The second-order valence-corrected chi connectivity index (χ2v) is 8.63. The van der Waals surface area contributed by atoms with Crippen LogP contribution in [-0.2, 0) is 14.1 Å². The second kappa shape index (κ2) is 5.48. The molecule has 25 heavy (non-hydrogen) atoms. The predicted molar refractivity (Wildman–Crippen MR) is 100 cm³/mol. The first kappa shape index (κ1) is 16.9. The molecule has 2 heterocycles. The molecule has 0 bridgehead atoms. The van der Waals surface area contributed by atoms with Crippen LogP contribution in [0.3, 0.4) is 0 Å². The molecule has 1 aromatic carbocycles. The molecule has 134 valence electrons. The van der Waals surface area contributed by atoms with E-state index in [4.69, 9.17) is 9.31 Å². The molecule has 1 aromatic rings. The van der Waals surface area contributed by atoms with E-state index in [0.717, 1.165) is 29.7 Å². The van der Waals surface area contributed by atoms with Crippen LogP contribution >= 0.6 is 0 Å². The van der Waals surface area contributed by atoms with E-state index in [1.54, 1.807) is 0 Å². The maximum atomic E-state index is 12.7. The van der Waals surface area contributed by atoms with Gasteiger partial charge in [-0.05, 0) is 65.1 Å². The van der Waals surface area contributed by atoms with Crippen molar-refractivity contribution >= 4 is 29.9 Å². The summed E-state index contributed by atoms with van der Waals surface area (Å²) in [6.45, 7) is 11.0. The van der Waals surface area contributed by atoms with Crippen LogP contribution in [0.2, 0.25) is 0 Å². The van der Waals surface area contributed by atoms with E-state index in [1.807, 2.05) is 17.0 Å². The van der Waals surface area contributed by atoms with Gasteiger partial charge in [0.2, 0.25) is 5.91 Å². The Morgan fingerprint density at radius 3 is 2.44 bits per heavy atom. The van der Waals surface area contributed by atoms with Crippen molar-refractivity contribution in [1.82, 2.24) is 0 Å². The van der Waals surface area contributed by atoms with Gasteiger partial charge in [-0.1, -0.05) is 6.07 Å². The Balaban J connectivity index is 1.67. The summed E-state index contributed by atoms with van der Waals surface area (Å²) in [5, 5.41) is 3.48. The van der Waals surface area contributed by atoms with Crippen LogP contribution in [-0.4, -0.2) is 36.8 Å². The van der Waals surface area contributed by atoms with Gasteiger partial charge in [0.25, 0.3) is 0 Å². The molecule has 2 aliphatic heterocycles. The van der Waals surface area contributed by atoms with Gasteiger partial charge in [-0.25, -0.2) is 0 Å². The number of amides is 1. The van der Waals surface area contributed by atoms with E-state index in [0.29, 0.717) is 6.54 Å². The van der Waals surface area contributed by atoms with E-state index < -0.39 is 7.12 Å². The Kier molecular flexibility index (Phi) is 3.71. The molecule has 0 radical (unpaired) electrons. The monoisotopic (exact) mass is 342 g/mol. The van der Waals surface area contributed by atoms with Crippen LogP contribution in [0.15, 0.2) is 18.2 Å². The van der Waals surface area contributed by atoms with E-state index in [9.17, 15) is 4.79 Å². The Hall–Kier alpha value is -1.53. The standard InChI is InChI=1S/C19H27BN2O3/c1-12-11-22(17(23)13-6-7-13)16-10-14(8-9-15(16)21-12)20-24-18(2,3)19(4,5)25-20/h8-10,12-13,21H,6-7,11H2,1-5H3. The molecule has 1 saturated carbocycles. The zero-order valence-electron chi connectivity index (χ0n) is 15.8. The first-order valence-electron chi connectivity index (χ1n) is 9.25. The van der Waals surface area contributed by atoms with Gasteiger partial charge in [-0.2, -0.15) is 0 Å². The lowest BCUT2D eigenvalue weighted by Gasteiger charge is -2.35. The summed E-state index contributed by atoms with van der Waals surface area (Å²) in [6.07, 6.45) is 2.03. The van der Waals surface area contributed by atoms with Crippen LogP contribution in [0.4, 0.5) is 11.4 Å². The van der Waals surface area contributed by atoms with Gasteiger partial charge in [-0.3, -0.25) is 4.79 Å². The van der Waals surface area contributed by atoms with Crippen molar-refractivity contribution in [3.05, 3.63) is 18.2 Å². The summed E-state index contributed by atoms with van der Waals surface area (Å²) in [6, 6.07) is 6.37. The number of anilines is 2. The molecule has 0 aromatic heterocycles. The van der Waals surface area contributed by atoms with E-state index in [2.05, 4.69) is 46.0 Å². The lowest BCUT2D eigenvalue weighted by molar-refractivity contribution is -0.119. The highest BCUT2D eigenvalue weighted by atomic mass is 16.7. The predicted octanol–water partition coefficient (Wildman–Crippen LogP) is 2.54. The van der Waals surface area contributed by atoms with Crippen molar-refractivity contribution in [2.24, 2.45) is 5.92 Å². The Bertz CT molecular complexity index is 699. The Labute approximate surface area is 150 Å². The summed E-state index contributed by atoms with van der Waals surface area (Å²) in [5.41, 5.74) is 2.17. The second-order valence-electron chi connectivity index (χ2n) is 8.63. The van der Waals surface area contributed by atoms with Crippen LogP contribution in [0.1, 0.15) is 47.5 Å². The summed E-state index contributed by atoms with van der Waals surface area (Å²) in [7, 11) is -0.410. The lowest BCUT2D eigenvalue weighted by atomic mass is 9.78. The number of hydrogen-bond donors (Lipinski definition) is 1. The minimum absolute atomic E-state index is 0.207. The van der Waals surface area contributed by atoms with Crippen molar-refractivity contribution in [2.75, 3.05) is 16.8 Å². The molecular weight excluding hydrogens is 315 g/mol. The third-order valence-corrected chi connectivity index (χ3v) is 5.89. The SMILES string of the molecule is CC1CN(C(=O)C2CC2)c2cc(B3OC(C)(C)C(C)(C)O3)ccc2N1. The third kappa shape index (κ3) is 2.85. The van der Waals surface area contributed by atoms with Gasteiger partial charge in [0.15, 0.2) is 0 Å². The van der Waals surface area contributed by atoms with Crippen molar-refractivity contribution in [1.29, 1.82) is 0 Å². The van der Waals surface area contributed by atoms with Crippen molar-refractivity contribution in [3.8, 4) is 0 Å². The summed E-state index contributed by atoms with van der Waals surface area (Å²) >= 11 is 0. The fourth-order valence-corrected chi connectivity index (χ4v) is 3.46. The third-order valence-electron chi connectivity index (χ3n) is 5.89. The molecule has 1 saturated heterocycles. The number of nitrogens with one attached hydrogen (secondary N) is 1. The van der Waals surface area contributed by atoms with Gasteiger partial charge in [0.1, 0.15) is 0 Å². The zero-order valence-corrected chi connectivity index (χ0v) is 15.8. The number of rotatable bonds is 2. The molecular formula is C19H27BN2O3. The smallest absolute Gasteiger partial charge is 0.399 e. The van der Waals surface area contributed by atoms with E-state index in [1.165, 1.54) is 0 Å². The molecule has 4 rings (SSSR count). The number of nitrogens with zero attached hydrogens (tertiary/aromatic N) is 1. The van der Waals surface area contributed by atoms with Crippen molar-refractivity contribution < 1.29 is 14.1 Å². The Morgan fingerprint density at radius 2 is 1.84 bits per heavy atom. The minimum atomic E-state index is -0.410. The molecule has 2 fully saturated rings. The van der Waals surface area contributed by atoms with Gasteiger partial charge in [-0.15, -0.1) is 0 Å². The lowest BCUT2D eigenvalue weighted by Crippen LogP contribution is -2.45. The normalized spacial score (nSPS) is 27.0. The first-order valence-corrected chi connectivity index (χ1v) is 9.25. The summed E-state index contributed by atoms with van der Waals surface area (Å²) in [5.74, 6) is 0.458. The molecule has 1 atom stereocenters. The van der Waals surface area contributed by atoms with Crippen LogP contribution in [0.25, 0.3) is 0 Å². The van der Waals surface area contributed by atoms with Crippen LogP contribution in [0.5, 0.6) is 0 Å². The number of fused-ring (bicyclic) bond motifs is 1. The average molecular weight is 342 g/mol. The van der Waals surface area contributed by atoms with Crippen molar-refractivity contribution in [3.63, 3.8) is 0 Å². The topological polar surface area (TPSA) is 50.8 Å². The molecule has 1 amide bonds. The molecule has 1 unspecified atom stereocenters. The number of hydrogen-bond acceptors (Lipinski definition) is 4. The number of carbonyl (C=O) groups is 1. The minimum Gasteiger partial charge on any atom is -0.399 e. The number of benzene rings is 1. The zero-order chi connectivity index (χ0) is 18.0. The summed E-state index contributed by atoms with van der Waals surface area (Å²) < 4.78 is 12.3. The van der Waals surface area contributed by atoms with Gasteiger partial charge >= 0.3 is 7.12 Å². The maximum Gasteiger partial charge on any atom is 0.494 e. The molecule has 6 heteroatoms. The Morgan fingerprint density at radius 1 is 1.20 bits per heavy atom. The fourth-order valence-electron chi connectivity index (χ4n) is 3.46. The summed E-state index contributed by atoms with van der Waals surface area (Å²) in [4.78, 5) is 14.7. The van der Waals surface area contributed by atoms with E-state index in [-0.39, 0.29) is 29.1 Å². The highest BCUT2D eigenvalue weighted by molar-refractivity contribution is 6.62. The van der Waals surface area contributed by atoms with Gasteiger partial charge in [0, 0.05) is 18.5 Å². The first-order chi connectivity index (χ1) is 11.7. The molecule has 1 aliphatic carbocycles. The van der Waals surface area contributed by atoms with Gasteiger partial charge < -0.3 is 19.5 Å². The van der Waals surface area contributed by atoms with E-state index >= 15 is 0 Å². The van der Waals surface area contributed by atoms with Gasteiger partial charge in [0.05, 0.1) is 22.6 Å². The quantitative estimate of drug-likeness (QED) is 0.840. The van der Waals surface area contributed by atoms with Crippen molar-refractivity contribution in [2.45, 2.75) is 64.7 Å². The molecule has 1 N–H and O–H groups in total. The highest BCUT2D eigenvalue weighted by Crippen LogP contribution is 2.39. The maximum absolute atomic E-state index is 12.7. The molecule has 5 nitrogen and oxygen atoms in total.